The highest BCUT2D eigenvalue weighted by Crippen LogP contribution is 2.33. The molecule has 0 saturated carbocycles. The zero-order chi connectivity index (χ0) is 25.9. The van der Waals surface area contributed by atoms with Gasteiger partial charge >= 0.3 is 0 Å². The zero-order valence-electron chi connectivity index (χ0n) is 20.2. The minimum atomic E-state index is -0.368. The maximum Gasteiger partial charge on any atom is 0.293 e. The molecule has 0 bridgehead atoms. The highest BCUT2D eigenvalue weighted by molar-refractivity contribution is 6.33. The van der Waals surface area contributed by atoms with Crippen molar-refractivity contribution in [3.8, 4) is 34.0 Å². The van der Waals surface area contributed by atoms with Crippen molar-refractivity contribution in [3.05, 3.63) is 72.0 Å². The van der Waals surface area contributed by atoms with Crippen molar-refractivity contribution >= 4 is 29.0 Å². The lowest BCUT2D eigenvalue weighted by molar-refractivity contribution is -0.138. The van der Waals surface area contributed by atoms with Gasteiger partial charge in [-0.3, -0.25) is 4.79 Å². The molecule has 0 radical (unpaired) electrons. The minimum absolute atomic E-state index is 0.318. The summed E-state index contributed by atoms with van der Waals surface area (Å²) in [6.07, 6.45) is 4.81. The first-order valence-corrected chi connectivity index (χ1v) is 11.4. The summed E-state index contributed by atoms with van der Waals surface area (Å²) in [4.78, 5) is 25.5. The Hall–Kier alpha value is -4.11. The minimum Gasteiger partial charge on any atom is -0.462 e. The Morgan fingerprint density at radius 2 is 1.83 bits per heavy atom. The Bertz CT molecular complexity index is 1490. The Morgan fingerprint density at radius 3 is 2.47 bits per heavy atom. The molecule has 3 heterocycles. The second kappa shape index (κ2) is 10.2. The van der Waals surface area contributed by atoms with E-state index in [1.165, 1.54) is 12.4 Å². The van der Waals surface area contributed by atoms with Gasteiger partial charge in [0.1, 0.15) is 17.7 Å². The van der Waals surface area contributed by atoms with Crippen LogP contribution in [0.5, 0.6) is 0 Å². The van der Waals surface area contributed by atoms with Crippen LogP contribution in [0.3, 0.4) is 0 Å². The Morgan fingerprint density at radius 1 is 1.08 bits per heavy atom. The van der Waals surface area contributed by atoms with Crippen molar-refractivity contribution < 1.29 is 13.9 Å². The number of ether oxygens (including phenoxy) is 1. The number of hydrogen-bond donors (Lipinski definition) is 1. The highest BCUT2D eigenvalue weighted by Gasteiger charge is 2.15. The van der Waals surface area contributed by atoms with Gasteiger partial charge in [0.15, 0.2) is 11.6 Å². The van der Waals surface area contributed by atoms with Gasteiger partial charge in [0, 0.05) is 35.9 Å². The lowest BCUT2D eigenvalue weighted by Crippen LogP contribution is -2.17. The molecule has 0 unspecified atom stereocenters. The topological polar surface area (TPSA) is 98.6 Å². The number of carbonyl (C=O) groups is 1. The maximum absolute atomic E-state index is 14.3. The summed E-state index contributed by atoms with van der Waals surface area (Å²) < 4.78 is 20.6. The van der Waals surface area contributed by atoms with E-state index in [2.05, 4.69) is 29.8 Å². The summed E-state index contributed by atoms with van der Waals surface area (Å²) in [7, 11) is 1.83. The quantitative estimate of drug-likeness (QED) is 0.307. The third kappa shape index (κ3) is 5.58. The van der Waals surface area contributed by atoms with E-state index >= 15 is 0 Å². The second-order valence-corrected chi connectivity index (χ2v) is 9.33. The highest BCUT2D eigenvalue weighted by atomic mass is 35.5. The number of nitrogens with zero attached hydrogens (tertiary/aromatic N) is 5. The van der Waals surface area contributed by atoms with Crippen LogP contribution in [0.1, 0.15) is 20.8 Å². The molecule has 0 fully saturated rings. The molecule has 0 atom stereocenters. The molecular formula is C26H24ClFN6O2. The number of aromatic amines is 1. The number of aromatic nitrogens is 6. The first kappa shape index (κ1) is 25.0. The van der Waals surface area contributed by atoms with Gasteiger partial charge < -0.3 is 9.72 Å². The third-order valence-electron chi connectivity index (χ3n) is 5.09. The molecule has 5 aromatic rings. The van der Waals surface area contributed by atoms with Crippen LogP contribution >= 0.6 is 11.6 Å². The smallest absolute Gasteiger partial charge is 0.293 e. The molecule has 8 nitrogen and oxygen atoms in total. The van der Waals surface area contributed by atoms with Gasteiger partial charge in [0.2, 0.25) is 0 Å². The van der Waals surface area contributed by atoms with Gasteiger partial charge in [-0.15, -0.1) is 0 Å². The molecule has 184 valence electrons. The standard InChI is InChI=1S/C21H14ClFN6.C5H10O2/c1-29-21(27-20(28-29)14-9-24-11-25-10-14)12-5-6-17-13(7-12)8-18(26-17)19-15(22)3-2-4-16(19)23;1-5(2,3)7-4-6/h2-11,26H,1H3;4H,1-3H3. The number of aryl methyl sites for hydroxylation is 1. The van der Waals surface area contributed by atoms with Crippen molar-refractivity contribution in [1.29, 1.82) is 0 Å². The molecule has 2 aromatic carbocycles. The molecule has 1 N–H and O–H groups in total. The van der Waals surface area contributed by atoms with E-state index in [0.29, 0.717) is 34.4 Å². The van der Waals surface area contributed by atoms with Crippen LogP contribution in [0.4, 0.5) is 4.39 Å². The van der Waals surface area contributed by atoms with Crippen molar-refractivity contribution in [2.24, 2.45) is 7.05 Å². The van der Waals surface area contributed by atoms with E-state index in [1.54, 1.807) is 29.2 Å². The summed E-state index contributed by atoms with van der Waals surface area (Å²) in [6, 6.07) is 12.4. The number of nitrogens with one attached hydrogen (secondary N) is 1. The number of fused-ring (bicyclic) bond motifs is 1. The largest absolute Gasteiger partial charge is 0.462 e. The van der Waals surface area contributed by atoms with E-state index < -0.39 is 0 Å². The lowest BCUT2D eigenvalue weighted by atomic mass is 10.1. The predicted octanol–water partition coefficient (Wildman–Crippen LogP) is 5.84. The monoisotopic (exact) mass is 506 g/mol. The van der Waals surface area contributed by atoms with Gasteiger partial charge in [-0.2, -0.15) is 5.10 Å². The zero-order valence-corrected chi connectivity index (χ0v) is 20.9. The number of H-pyrrole nitrogens is 1. The number of rotatable bonds is 4. The third-order valence-corrected chi connectivity index (χ3v) is 5.41. The summed E-state index contributed by atoms with van der Waals surface area (Å²) in [5.41, 5.74) is 3.18. The van der Waals surface area contributed by atoms with Crippen LogP contribution in [0.25, 0.3) is 44.9 Å². The van der Waals surface area contributed by atoms with Crippen LogP contribution in [0.15, 0.2) is 61.2 Å². The molecular weight excluding hydrogens is 483 g/mol. The Balaban J connectivity index is 0.000000384. The van der Waals surface area contributed by atoms with E-state index in [1.807, 2.05) is 52.1 Å². The number of carbonyl (C=O) groups excluding carboxylic acids is 1. The van der Waals surface area contributed by atoms with E-state index in [9.17, 15) is 9.18 Å². The fourth-order valence-electron chi connectivity index (χ4n) is 3.48. The average Bonchev–Trinajstić information content (AvgIpc) is 3.42. The summed E-state index contributed by atoms with van der Waals surface area (Å²) in [5, 5.41) is 5.75. The van der Waals surface area contributed by atoms with Crippen molar-refractivity contribution in [2.45, 2.75) is 26.4 Å². The molecule has 0 aliphatic rings. The summed E-state index contributed by atoms with van der Waals surface area (Å²) >= 11 is 6.21. The predicted molar refractivity (Wildman–Crippen MR) is 137 cm³/mol. The van der Waals surface area contributed by atoms with Gasteiger partial charge in [-0.1, -0.05) is 17.7 Å². The Labute approximate surface area is 212 Å². The lowest BCUT2D eigenvalue weighted by Gasteiger charge is -2.14. The summed E-state index contributed by atoms with van der Waals surface area (Å²) in [6.45, 7) is 5.92. The maximum atomic E-state index is 14.3. The summed E-state index contributed by atoms with van der Waals surface area (Å²) in [5.74, 6) is 0.890. The van der Waals surface area contributed by atoms with Gasteiger partial charge in [0.25, 0.3) is 6.47 Å². The van der Waals surface area contributed by atoms with E-state index in [0.717, 1.165) is 22.0 Å². The first-order chi connectivity index (χ1) is 17.2. The fraction of sp³-hybridized carbons (Fsp3) is 0.192. The average molecular weight is 507 g/mol. The number of hydrogen-bond acceptors (Lipinski definition) is 6. The van der Waals surface area contributed by atoms with E-state index in [-0.39, 0.29) is 11.4 Å². The molecule has 0 saturated heterocycles. The molecule has 0 spiro atoms. The van der Waals surface area contributed by atoms with Crippen LogP contribution in [0.2, 0.25) is 5.02 Å². The number of benzene rings is 2. The van der Waals surface area contributed by atoms with Crippen molar-refractivity contribution in [3.63, 3.8) is 0 Å². The van der Waals surface area contributed by atoms with Gasteiger partial charge in [-0.25, -0.2) is 24.0 Å². The van der Waals surface area contributed by atoms with Gasteiger partial charge in [-0.05, 0) is 57.2 Å². The van der Waals surface area contributed by atoms with Gasteiger partial charge in [0.05, 0.1) is 21.8 Å². The van der Waals surface area contributed by atoms with Crippen LogP contribution in [0, 0.1) is 5.82 Å². The van der Waals surface area contributed by atoms with E-state index in [4.69, 9.17) is 11.6 Å². The van der Waals surface area contributed by atoms with Crippen molar-refractivity contribution in [2.75, 3.05) is 0 Å². The SMILES string of the molecule is CC(C)(C)OC=O.Cn1nc(-c2cncnc2)nc1-c1ccc2[nH]c(-c3c(F)cccc3Cl)cc2c1. The number of halogens is 2. The fourth-order valence-corrected chi connectivity index (χ4v) is 3.74. The molecule has 3 aromatic heterocycles. The molecule has 10 heteroatoms. The normalized spacial score (nSPS) is 11.2. The van der Waals surface area contributed by atoms with Crippen LogP contribution < -0.4 is 0 Å². The van der Waals surface area contributed by atoms with Crippen LogP contribution in [-0.4, -0.2) is 41.8 Å². The molecule has 36 heavy (non-hydrogen) atoms. The second-order valence-electron chi connectivity index (χ2n) is 8.92. The molecule has 0 aliphatic heterocycles. The Kier molecular flexibility index (Phi) is 7.12. The molecule has 0 aliphatic carbocycles. The molecule has 5 rings (SSSR count). The first-order valence-electron chi connectivity index (χ1n) is 11.0. The molecule has 0 amide bonds. The van der Waals surface area contributed by atoms with Crippen molar-refractivity contribution in [1.82, 2.24) is 29.7 Å². The van der Waals surface area contributed by atoms with Crippen LogP contribution in [-0.2, 0) is 16.6 Å².